The van der Waals surface area contributed by atoms with Crippen molar-refractivity contribution in [2.75, 3.05) is 26.2 Å². The van der Waals surface area contributed by atoms with Crippen LogP contribution >= 0.6 is 0 Å². The number of rotatable bonds is 4. The highest BCUT2D eigenvalue weighted by atomic mass is 16.2. The van der Waals surface area contributed by atoms with E-state index in [0.717, 1.165) is 45.2 Å². The Kier molecular flexibility index (Phi) is 4.45. The van der Waals surface area contributed by atoms with Crippen molar-refractivity contribution in [1.82, 2.24) is 10.2 Å². The Bertz CT molecular complexity index is 345. The van der Waals surface area contributed by atoms with Gasteiger partial charge >= 0.3 is 0 Å². The zero-order valence-corrected chi connectivity index (χ0v) is 11.8. The Morgan fingerprint density at radius 3 is 2.79 bits per heavy atom. The first-order valence-corrected chi connectivity index (χ1v) is 7.38. The number of piperidine rings is 1. The van der Waals surface area contributed by atoms with Crippen LogP contribution in [0.25, 0.3) is 0 Å². The first-order valence-electron chi connectivity index (χ1n) is 7.38. The lowest BCUT2D eigenvalue weighted by Gasteiger charge is -2.39. The SMILES string of the molecule is CCCC1(C(=O)N2CCC(C(N)=O)C2)CCCNC1. The molecule has 2 rings (SSSR count). The van der Waals surface area contributed by atoms with E-state index in [1.807, 2.05) is 4.90 Å². The van der Waals surface area contributed by atoms with E-state index in [1.54, 1.807) is 0 Å². The predicted molar refractivity (Wildman–Crippen MR) is 73.3 cm³/mol. The van der Waals surface area contributed by atoms with Gasteiger partial charge in [-0.1, -0.05) is 13.3 Å². The highest BCUT2D eigenvalue weighted by molar-refractivity contribution is 5.85. The summed E-state index contributed by atoms with van der Waals surface area (Å²) in [6, 6.07) is 0. The van der Waals surface area contributed by atoms with Crippen LogP contribution in [0.15, 0.2) is 0 Å². The summed E-state index contributed by atoms with van der Waals surface area (Å²) in [5.74, 6) is -0.203. The molecule has 2 aliphatic heterocycles. The summed E-state index contributed by atoms with van der Waals surface area (Å²) in [7, 11) is 0. The van der Waals surface area contributed by atoms with Gasteiger partial charge in [0.05, 0.1) is 11.3 Å². The average molecular weight is 267 g/mol. The van der Waals surface area contributed by atoms with Crippen LogP contribution in [0.5, 0.6) is 0 Å². The molecule has 2 amide bonds. The van der Waals surface area contributed by atoms with Crippen LogP contribution in [-0.4, -0.2) is 42.9 Å². The third-order valence-electron chi connectivity index (χ3n) is 4.53. The van der Waals surface area contributed by atoms with Gasteiger partial charge in [0.2, 0.25) is 11.8 Å². The van der Waals surface area contributed by atoms with Crippen LogP contribution in [0, 0.1) is 11.3 Å². The Balaban J connectivity index is 2.05. The van der Waals surface area contributed by atoms with Crippen LogP contribution in [0.4, 0.5) is 0 Å². The number of nitrogens with one attached hydrogen (secondary N) is 1. The van der Waals surface area contributed by atoms with Gasteiger partial charge in [-0.25, -0.2) is 0 Å². The van der Waals surface area contributed by atoms with Crippen LogP contribution in [0.3, 0.4) is 0 Å². The van der Waals surface area contributed by atoms with E-state index in [-0.39, 0.29) is 23.1 Å². The van der Waals surface area contributed by atoms with Crippen molar-refractivity contribution >= 4 is 11.8 Å². The third-order valence-corrected chi connectivity index (χ3v) is 4.53. The molecule has 0 bridgehead atoms. The van der Waals surface area contributed by atoms with Crippen molar-refractivity contribution in [3.05, 3.63) is 0 Å². The van der Waals surface area contributed by atoms with Crippen molar-refractivity contribution in [2.24, 2.45) is 17.1 Å². The van der Waals surface area contributed by atoms with Crippen LogP contribution < -0.4 is 11.1 Å². The molecule has 2 saturated heterocycles. The van der Waals surface area contributed by atoms with Crippen LogP contribution in [0.1, 0.15) is 39.0 Å². The van der Waals surface area contributed by atoms with Crippen molar-refractivity contribution in [2.45, 2.75) is 39.0 Å². The summed E-state index contributed by atoms with van der Waals surface area (Å²) in [6.07, 6.45) is 4.68. The van der Waals surface area contributed by atoms with Gasteiger partial charge < -0.3 is 16.0 Å². The van der Waals surface area contributed by atoms with Gasteiger partial charge in [-0.2, -0.15) is 0 Å². The van der Waals surface area contributed by atoms with E-state index in [0.29, 0.717) is 13.1 Å². The maximum atomic E-state index is 12.8. The molecule has 0 radical (unpaired) electrons. The maximum absolute atomic E-state index is 12.8. The van der Waals surface area contributed by atoms with E-state index in [4.69, 9.17) is 5.73 Å². The molecule has 2 heterocycles. The van der Waals surface area contributed by atoms with Crippen LogP contribution in [-0.2, 0) is 9.59 Å². The van der Waals surface area contributed by atoms with E-state index in [2.05, 4.69) is 12.2 Å². The van der Waals surface area contributed by atoms with Gasteiger partial charge in [-0.15, -0.1) is 0 Å². The second kappa shape index (κ2) is 5.90. The molecule has 0 aliphatic carbocycles. The zero-order valence-electron chi connectivity index (χ0n) is 11.8. The van der Waals surface area contributed by atoms with E-state index < -0.39 is 0 Å². The van der Waals surface area contributed by atoms with Crippen molar-refractivity contribution in [3.8, 4) is 0 Å². The molecule has 108 valence electrons. The summed E-state index contributed by atoms with van der Waals surface area (Å²) >= 11 is 0. The molecule has 0 aromatic heterocycles. The third kappa shape index (κ3) is 2.91. The minimum Gasteiger partial charge on any atom is -0.369 e. The molecular weight excluding hydrogens is 242 g/mol. The lowest BCUT2D eigenvalue weighted by atomic mass is 9.75. The predicted octanol–water partition coefficient (Wildman–Crippen LogP) is 0.490. The fourth-order valence-electron chi connectivity index (χ4n) is 3.46. The number of carbonyl (C=O) groups excluding carboxylic acids is 2. The topological polar surface area (TPSA) is 75.4 Å². The maximum Gasteiger partial charge on any atom is 0.230 e. The summed E-state index contributed by atoms with van der Waals surface area (Å²) in [5.41, 5.74) is 5.09. The van der Waals surface area contributed by atoms with Gasteiger partial charge in [0.1, 0.15) is 0 Å². The second-order valence-electron chi connectivity index (χ2n) is 5.95. The molecule has 5 heteroatoms. The second-order valence-corrected chi connectivity index (χ2v) is 5.95. The molecule has 2 aliphatic rings. The van der Waals surface area contributed by atoms with Gasteiger partial charge in [0.15, 0.2) is 0 Å². The van der Waals surface area contributed by atoms with Gasteiger partial charge in [-0.05, 0) is 32.2 Å². The molecule has 0 saturated carbocycles. The number of likely N-dealkylation sites (tertiary alicyclic amines) is 1. The number of carbonyl (C=O) groups is 2. The number of nitrogens with two attached hydrogens (primary N) is 1. The number of nitrogens with zero attached hydrogens (tertiary/aromatic N) is 1. The summed E-state index contributed by atoms with van der Waals surface area (Å²) in [5, 5.41) is 3.36. The number of primary amides is 1. The fourth-order valence-corrected chi connectivity index (χ4v) is 3.46. The molecule has 0 spiro atoms. The standard InChI is InChI=1S/C14H25N3O2/c1-2-5-14(6-3-7-16-10-14)13(19)17-8-4-11(9-17)12(15)18/h11,16H,2-10H2,1H3,(H2,15,18). The Morgan fingerprint density at radius 1 is 1.47 bits per heavy atom. The Morgan fingerprint density at radius 2 is 2.26 bits per heavy atom. The number of hydrogen-bond acceptors (Lipinski definition) is 3. The highest BCUT2D eigenvalue weighted by Gasteiger charge is 2.43. The average Bonchev–Trinajstić information content (AvgIpc) is 2.89. The Hall–Kier alpha value is -1.10. The molecular formula is C14H25N3O2. The van der Waals surface area contributed by atoms with Crippen LogP contribution in [0.2, 0.25) is 0 Å². The molecule has 2 fully saturated rings. The number of amides is 2. The minimum absolute atomic E-state index is 0.154. The lowest BCUT2D eigenvalue weighted by molar-refractivity contribution is -0.143. The number of hydrogen-bond donors (Lipinski definition) is 2. The normalized spacial score (nSPS) is 31.4. The minimum atomic E-state index is -0.276. The molecule has 0 aromatic carbocycles. The van der Waals surface area contributed by atoms with Gasteiger partial charge in [0, 0.05) is 19.6 Å². The van der Waals surface area contributed by atoms with E-state index >= 15 is 0 Å². The van der Waals surface area contributed by atoms with Gasteiger partial charge in [-0.3, -0.25) is 9.59 Å². The van der Waals surface area contributed by atoms with E-state index in [1.165, 1.54) is 0 Å². The van der Waals surface area contributed by atoms with Gasteiger partial charge in [0.25, 0.3) is 0 Å². The summed E-state index contributed by atoms with van der Waals surface area (Å²) in [4.78, 5) is 25.9. The molecule has 3 N–H and O–H groups in total. The monoisotopic (exact) mass is 267 g/mol. The van der Waals surface area contributed by atoms with Crippen molar-refractivity contribution < 1.29 is 9.59 Å². The molecule has 5 nitrogen and oxygen atoms in total. The summed E-state index contributed by atoms with van der Waals surface area (Å²) < 4.78 is 0. The van der Waals surface area contributed by atoms with Crippen molar-refractivity contribution in [3.63, 3.8) is 0 Å². The largest absolute Gasteiger partial charge is 0.369 e. The first-order chi connectivity index (χ1) is 9.09. The van der Waals surface area contributed by atoms with Crippen molar-refractivity contribution in [1.29, 1.82) is 0 Å². The molecule has 0 aromatic rings. The fraction of sp³-hybridized carbons (Fsp3) is 0.857. The molecule has 2 atom stereocenters. The van der Waals surface area contributed by atoms with E-state index in [9.17, 15) is 9.59 Å². The quantitative estimate of drug-likeness (QED) is 0.778. The molecule has 19 heavy (non-hydrogen) atoms. The smallest absolute Gasteiger partial charge is 0.230 e. The highest BCUT2D eigenvalue weighted by Crippen LogP contribution is 2.35. The zero-order chi connectivity index (χ0) is 13.9. The lowest BCUT2D eigenvalue weighted by Crippen LogP contribution is -2.51. The first kappa shape index (κ1) is 14.3. The Labute approximate surface area is 114 Å². The molecule has 2 unspecified atom stereocenters. The summed E-state index contributed by atoms with van der Waals surface area (Å²) in [6.45, 7) is 5.09.